The molecule has 5 nitrogen and oxygen atoms in total. The average molecular weight is 405 g/mol. The third kappa shape index (κ3) is 4.70. The topological polar surface area (TPSA) is 63.7 Å². The van der Waals surface area contributed by atoms with E-state index in [1.165, 1.54) is 11.0 Å². The third-order valence-corrected chi connectivity index (χ3v) is 6.77. The zero-order valence-electron chi connectivity index (χ0n) is 16.0. The molecule has 1 aliphatic heterocycles. The molecular weight excluding hydrogens is 381 g/mol. The maximum absolute atomic E-state index is 14.1. The van der Waals surface area contributed by atoms with Crippen molar-refractivity contribution >= 4 is 15.7 Å². The smallest absolute Gasteiger partial charge is 0.261 e. The van der Waals surface area contributed by atoms with Crippen LogP contribution in [-0.4, -0.2) is 43.4 Å². The number of rotatable bonds is 6. The van der Waals surface area contributed by atoms with Gasteiger partial charge in [0, 0.05) is 18.2 Å². The average Bonchev–Trinajstić information content (AvgIpc) is 3.00. The normalized spacial score (nSPS) is 18.0. The van der Waals surface area contributed by atoms with Gasteiger partial charge < -0.3 is 9.64 Å². The van der Waals surface area contributed by atoms with Crippen molar-refractivity contribution < 1.29 is 22.3 Å². The van der Waals surface area contributed by atoms with E-state index in [1.807, 2.05) is 32.0 Å². The Morgan fingerprint density at radius 3 is 2.43 bits per heavy atom. The van der Waals surface area contributed by atoms with Crippen LogP contribution in [0.15, 0.2) is 42.5 Å². The van der Waals surface area contributed by atoms with Crippen LogP contribution >= 0.6 is 0 Å². The molecule has 0 N–H and O–H groups in total. The fourth-order valence-corrected chi connectivity index (χ4v) is 5.23. The van der Waals surface area contributed by atoms with Gasteiger partial charge in [0.25, 0.3) is 5.91 Å². The van der Waals surface area contributed by atoms with Crippen LogP contribution in [0.5, 0.6) is 5.75 Å². The third-order valence-electron chi connectivity index (χ3n) is 5.02. The number of amides is 1. The number of para-hydroxylation sites is 1. The monoisotopic (exact) mass is 405 g/mol. The Hall–Kier alpha value is -2.41. The van der Waals surface area contributed by atoms with E-state index < -0.39 is 21.7 Å². The van der Waals surface area contributed by atoms with Crippen LogP contribution in [0.25, 0.3) is 0 Å². The fraction of sp³-hybridized carbons (Fsp3) is 0.381. The van der Waals surface area contributed by atoms with Crippen molar-refractivity contribution in [1.82, 2.24) is 4.90 Å². The van der Waals surface area contributed by atoms with Crippen molar-refractivity contribution in [3.8, 4) is 5.75 Å². The second-order valence-corrected chi connectivity index (χ2v) is 9.41. The highest BCUT2D eigenvalue weighted by atomic mass is 32.2. The van der Waals surface area contributed by atoms with Crippen molar-refractivity contribution in [2.75, 3.05) is 18.1 Å². The first-order valence-corrected chi connectivity index (χ1v) is 11.0. The van der Waals surface area contributed by atoms with Crippen LogP contribution in [0.1, 0.15) is 23.1 Å². The second kappa shape index (κ2) is 8.31. The fourth-order valence-electron chi connectivity index (χ4n) is 3.50. The molecule has 150 valence electrons. The highest BCUT2D eigenvalue weighted by molar-refractivity contribution is 7.91. The second-order valence-electron chi connectivity index (χ2n) is 7.18. The summed E-state index contributed by atoms with van der Waals surface area (Å²) in [4.78, 5) is 14.4. The van der Waals surface area contributed by atoms with Gasteiger partial charge in [0.05, 0.1) is 11.5 Å². The first-order chi connectivity index (χ1) is 13.3. The molecule has 1 fully saturated rings. The summed E-state index contributed by atoms with van der Waals surface area (Å²) in [6.07, 6.45) is 0.353. The molecule has 0 radical (unpaired) electrons. The molecule has 2 aromatic carbocycles. The molecule has 0 spiro atoms. The molecule has 1 amide bonds. The molecule has 3 rings (SSSR count). The van der Waals surface area contributed by atoms with E-state index in [1.54, 1.807) is 18.2 Å². The minimum atomic E-state index is -3.19. The highest BCUT2D eigenvalue weighted by Gasteiger charge is 2.35. The van der Waals surface area contributed by atoms with Gasteiger partial charge in [-0.3, -0.25) is 4.79 Å². The van der Waals surface area contributed by atoms with Crippen LogP contribution < -0.4 is 4.74 Å². The van der Waals surface area contributed by atoms with Crippen LogP contribution in [0.2, 0.25) is 0 Å². The summed E-state index contributed by atoms with van der Waals surface area (Å²) in [5.41, 5.74) is 2.18. The number of nitrogens with zero attached hydrogens (tertiary/aromatic N) is 1. The molecule has 0 bridgehead atoms. The van der Waals surface area contributed by atoms with Crippen molar-refractivity contribution in [1.29, 1.82) is 0 Å². The first kappa shape index (κ1) is 20.3. The van der Waals surface area contributed by atoms with E-state index in [-0.39, 0.29) is 30.6 Å². The van der Waals surface area contributed by atoms with Gasteiger partial charge in [0.2, 0.25) is 0 Å². The van der Waals surface area contributed by atoms with Crippen molar-refractivity contribution in [3.05, 3.63) is 65.0 Å². The highest BCUT2D eigenvalue weighted by Crippen LogP contribution is 2.24. The van der Waals surface area contributed by atoms with Gasteiger partial charge in [0.15, 0.2) is 16.4 Å². The van der Waals surface area contributed by atoms with Gasteiger partial charge in [-0.15, -0.1) is 0 Å². The quantitative estimate of drug-likeness (QED) is 0.741. The summed E-state index contributed by atoms with van der Waals surface area (Å²) in [6, 6.07) is 11.4. The number of ether oxygens (including phenoxy) is 1. The number of hydrogen-bond acceptors (Lipinski definition) is 4. The number of aryl methyl sites for hydroxylation is 2. The summed E-state index contributed by atoms with van der Waals surface area (Å²) in [5, 5.41) is 0. The summed E-state index contributed by atoms with van der Waals surface area (Å²) in [7, 11) is -3.19. The van der Waals surface area contributed by atoms with E-state index >= 15 is 0 Å². The standard InChI is InChI=1S/C21H24FNO4S/c1-15-6-5-7-16(2)21(15)27-13-20(24)23(18-10-11-28(25,26)14-18)12-17-8-3-4-9-19(17)22/h3-9,18H,10-14H2,1-2H3/t18-/m1/s1. The first-order valence-electron chi connectivity index (χ1n) is 9.19. The maximum atomic E-state index is 14.1. The van der Waals surface area contributed by atoms with Gasteiger partial charge in [-0.2, -0.15) is 0 Å². The lowest BCUT2D eigenvalue weighted by Gasteiger charge is -2.29. The molecule has 0 aliphatic carbocycles. The summed E-state index contributed by atoms with van der Waals surface area (Å²) < 4.78 is 43.7. The Morgan fingerprint density at radius 1 is 1.14 bits per heavy atom. The van der Waals surface area contributed by atoms with Gasteiger partial charge in [-0.1, -0.05) is 36.4 Å². The lowest BCUT2D eigenvalue weighted by molar-refractivity contribution is -0.136. The summed E-state index contributed by atoms with van der Waals surface area (Å²) >= 11 is 0. The Bertz CT molecular complexity index is 954. The van der Waals surface area contributed by atoms with Crippen molar-refractivity contribution in [2.24, 2.45) is 0 Å². The van der Waals surface area contributed by atoms with Crippen molar-refractivity contribution in [3.63, 3.8) is 0 Å². The molecule has 1 saturated heterocycles. The van der Waals surface area contributed by atoms with E-state index in [0.717, 1.165) is 11.1 Å². The Labute approximate surface area is 165 Å². The Balaban J connectivity index is 1.79. The van der Waals surface area contributed by atoms with E-state index in [2.05, 4.69) is 0 Å². The zero-order valence-corrected chi connectivity index (χ0v) is 16.8. The minimum absolute atomic E-state index is 0.0157. The minimum Gasteiger partial charge on any atom is -0.483 e. The number of hydrogen-bond donors (Lipinski definition) is 0. The number of benzene rings is 2. The van der Waals surface area contributed by atoms with Gasteiger partial charge in [-0.25, -0.2) is 12.8 Å². The van der Waals surface area contributed by atoms with Crippen LogP contribution in [0.4, 0.5) is 4.39 Å². The molecule has 0 aromatic heterocycles. The number of carbonyl (C=O) groups is 1. The van der Waals surface area contributed by atoms with Gasteiger partial charge in [-0.05, 0) is 37.5 Å². The predicted octanol–water partition coefficient (Wildman–Crippen LogP) is 3.04. The molecule has 1 heterocycles. The number of carbonyl (C=O) groups excluding carboxylic acids is 1. The molecule has 0 saturated carbocycles. The molecule has 1 aliphatic rings. The lowest BCUT2D eigenvalue weighted by Crippen LogP contribution is -2.43. The Morgan fingerprint density at radius 2 is 1.82 bits per heavy atom. The van der Waals surface area contributed by atoms with E-state index in [9.17, 15) is 17.6 Å². The van der Waals surface area contributed by atoms with Crippen molar-refractivity contribution in [2.45, 2.75) is 32.9 Å². The molecule has 1 atom stereocenters. The van der Waals surface area contributed by atoms with Gasteiger partial charge >= 0.3 is 0 Å². The van der Waals surface area contributed by atoms with E-state index in [4.69, 9.17) is 4.74 Å². The van der Waals surface area contributed by atoms with Crippen LogP contribution in [0.3, 0.4) is 0 Å². The zero-order chi connectivity index (χ0) is 20.3. The number of sulfone groups is 1. The van der Waals surface area contributed by atoms with Gasteiger partial charge in [0.1, 0.15) is 11.6 Å². The largest absolute Gasteiger partial charge is 0.483 e. The molecule has 28 heavy (non-hydrogen) atoms. The summed E-state index contributed by atoms with van der Waals surface area (Å²) in [5.74, 6) is -0.196. The summed E-state index contributed by atoms with van der Waals surface area (Å²) in [6.45, 7) is 3.58. The molecular formula is C21H24FNO4S. The van der Waals surface area contributed by atoms with E-state index in [0.29, 0.717) is 17.7 Å². The predicted molar refractivity (Wildman–Crippen MR) is 105 cm³/mol. The SMILES string of the molecule is Cc1cccc(C)c1OCC(=O)N(Cc1ccccc1F)[C@@H]1CCS(=O)(=O)C1. The molecule has 7 heteroatoms. The van der Waals surface area contributed by atoms with Crippen LogP contribution in [-0.2, 0) is 21.2 Å². The maximum Gasteiger partial charge on any atom is 0.261 e. The number of halogens is 1. The molecule has 2 aromatic rings. The lowest BCUT2D eigenvalue weighted by atomic mass is 10.1. The molecule has 0 unspecified atom stereocenters. The Kier molecular flexibility index (Phi) is 6.03. The van der Waals surface area contributed by atoms with Crippen LogP contribution in [0, 0.1) is 19.7 Å².